The van der Waals surface area contributed by atoms with Gasteiger partial charge in [-0.3, -0.25) is 0 Å². The van der Waals surface area contributed by atoms with E-state index in [-0.39, 0.29) is 5.82 Å². The van der Waals surface area contributed by atoms with Crippen LogP contribution in [-0.2, 0) is 19.3 Å². The van der Waals surface area contributed by atoms with Crippen LogP contribution in [0.2, 0.25) is 0 Å². The number of hydrogen-bond acceptors (Lipinski definition) is 1. The van der Waals surface area contributed by atoms with Crippen LogP contribution in [0.1, 0.15) is 23.6 Å². The summed E-state index contributed by atoms with van der Waals surface area (Å²) in [7, 11) is 1.49. The molecule has 0 spiro atoms. The minimum atomic E-state index is -0.758. The molecule has 0 aliphatic rings. The molecule has 0 heterocycles. The zero-order valence-electron chi connectivity index (χ0n) is 15.4. The van der Waals surface area contributed by atoms with Crippen LogP contribution in [-0.4, -0.2) is 7.11 Å². The average molecular weight is 370 g/mol. The number of aryl methyl sites for hydroxylation is 3. The summed E-state index contributed by atoms with van der Waals surface area (Å²) < 4.78 is 47.2. The number of benzene rings is 3. The van der Waals surface area contributed by atoms with Gasteiger partial charge in [0.1, 0.15) is 11.6 Å². The van der Waals surface area contributed by atoms with Gasteiger partial charge in [0.2, 0.25) is 0 Å². The van der Waals surface area contributed by atoms with E-state index in [0.717, 1.165) is 11.1 Å². The molecule has 0 atom stereocenters. The molecule has 0 radical (unpaired) electrons. The van der Waals surface area contributed by atoms with Gasteiger partial charge in [-0.2, -0.15) is 0 Å². The molecule has 140 valence electrons. The van der Waals surface area contributed by atoms with Gasteiger partial charge >= 0.3 is 0 Å². The first-order valence-electron chi connectivity index (χ1n) is 8.92. The van der Waals surface area contributed by atoms with E-state index >= 15 is 0 Å². The second kappa shape index (κ2) is 8.30. The largest absolute Gasteiger partial charge is 0.497 e. The fourth-order valence-corrected chi connectivity index (χ4v) is 3.08. The third-order valence-electron chi connectivity index (χ3n) is 4.75. The van der Waals surface area contributed by atoms with Crippen molar-refractivity contribution >= 4 is 0 Å². The Bertz CT molecular complexity index is 933. The van der Waals surface area contributed by atoms with E-state index < -0.39 is 11.6 Å². The monoisotopic (exact) mass is 370 g/mol. The first kappa shape index (κ1) is 19.0. The van der Waals surface area contributed by atoms with Gasteiger partial charge in [0, 0.05) is 11.6 Å². The standard InChI is InChI=1S/C23H21F3O/c1-3-16-10-11-18(23(26)22(16)25)9-6-15-4-7-17(8-5-15)20-13-12-19(27-2)14-21(20)24/h4-5,7-8,10-14H,3,6,9H2,1-2H3. The lowest BCUT2D eigenvalue weighted by Gasteiger charge is -2.09. The van der Waals surface area contributed by atoms with Crippen molar-refractivity contribution in [1.82, 2.24) is 0 Å². The van der Waals surface area contributed by atoms with Gasteiger partial charge in [-0.1, -0.05) is 43.3 Å². The molecule has 0 bridgehead atoms. The minimum Gasteiger partial charge on any atom is -0.497 e. The lowest BCUT2D eigenvalue weighted by atomic mass is 9.99. The second-order valence-corrected chi connectivity index (χ2v) is 6.41. The third-order valence-corrected chi connectivity index (χ3v) is 4.75. The molecule has 1 nitrogen and oxygen atoms in total. The molecule has 0 saturated carbocycles. The molecule has 0 saturated heterocycles. The summed E-state index contributed by atoms with van der Waals surface area (Å²) in [5, 5.41) is 0. The van der Waals surface area contributed by atoms with E-state index in [1.54, 1.807) is 31.2 Å². The highest BCUT2D eigenvalue weighted by Gasteiger charge is 2.12. The molecule has 0 aromatic heterocycles. The normalized spacial score (nSPS) is 10.9. The topological polar surface area (TPSA) is 9.23 Å². The predicted molar refractivity (Wildman–Crippen MR) is 102 cm³/mol. The highest BCUT2D eigenvalue weighted by atomic mass is 19.2. The Hall–Kier alpha value is -2.75. The lowest BCUT2D eigenvalue weighted by molar-refractivity contribution is 0.411. The van der Waals surface area contributed by atoms with Crippen molar-refractivity contribution in [3.63, 3.8) is 0 Å². The minimum absolute atomic E-state index is 0.351. The molecule has 3 aromatic rings. The van der Waals surface area contributed by atoms with Gasteiger partial charge in [-0.05, 0) is 53.6 Å². The Balaban J connectivity index is 1.72. The van der Waals surface area contributed by atoms with E-state index in [9.17, 15) is 13.2 Å². The molecule has 0 amide bonds. The van der Waals surface area contributed by atoms with E-state index in [0.29, 0.717) is 41.7 Å². The van der Waals surface area contributed by atoms with Crippen LogP contribution in [0.25, 0.3) is 11.1 Å². The van der Waals surface area contributed by atoms with Crippen LogP contribution in [0.3, 0.4) is 0 Å². The summed E-state index contributed by atoms with van der Waals surface area (Å²) in [5.74, 6) is -1.39. The zero-order valence-corrected chi connectivity index (χ0v) is 15.4. The van der Waals surface area contributed by atoms with Crippen molar-refractivity contribution in [2.75, 3.05) is 7.11 Å². The van der Waals surface area contributed by atoms with E-state index in [1.807, 2.05) is 24.3 Å². The van der Waals surface area contributed by atoms with Gasteiger partial charge in [0.05, 0.1) is 7.11 Å². The van der Waals surface area contributed by atoms with E-state index in [2.05, 4.69) is 0 Å². The highest BCUT2D eigenvalue weighted by molar-refractivity contribution is 5.65. The van der Waals surface area contributed by atoms with Crippen molar-refractivity contribution in [2.24, 2.45) is 0 Å². The van der Waals surface area contributed by atoms with Crippen molar-refractivity contribution in [3.8, 4) is 16.9 Å². The van der Waals surface area contributed by atoms with Gasteiger partial charge in [-0.15, -0.1) is 0 Å². The second-order valence-electron chi connectivity index (χ2n) is 6.41. The molecule has 0 unspecified atom stereocenters. The van der Waals surface area contributed by atoms with Crippen LogP contribution in [0.4, 0.5) is 13.2 Å². The first-order valence-corrected chi connectivity index (χ1v) is 8.92. The van der Waals surface area contributed by atoms with Crippen LogP contribution in [0, 0.1) is 17.5 Å². The zero-order chi connectivity index (χ0) is 19.4. The Kier molecular flexibility index (Phi) is 5.84. The fraction of sp³-hybridized carbons (Fsp3) is 0.217. The molecular formula is C23H21F3O. The van der Waals surface area contributed by atoms with Crippen molar-refractivity contribution in [1.29, 1.82) is 0 Å². The smallest absolute Gasteiger partial charge is 0.162 e. The third kappa shape index (κ3) is 4.16. The number of hydrogen-bond donors (Lipinski definition) is 0. The van der Waals surface area contributed by atoms with Crippen LogP contribution < -0.4 is 4.74 Å². The van der Waals surface area contributed by atoms with Gasteiger partial charge in [0.15, 0.2) is 11.6 Å². The van der Waals surface area contributed by atoms with Gasteiger partial charge < -0.3 is 4.74 Å². The number of halogens is 3. The number of rotatable bonds is 6. The summed E-state index contributed by atoms with van der Waals surface area (Å²) >= 11 is 0. The van der Waals surface area contributed by atoms with Gasteiger partial charge in [-0.25, -0.2) is 13.2 Å². The quantitative estimate of drug-likeness (QED) is 0.507. The maximum absolute atomic E-state index is 14.2. The van der Waals surface area contributed by atoms with Crippen LogP contribution >= 0.6 is 0 Å². The Labute approximate surface area is 157 Å². The number of methoxy groups -OCH3 is 1. The van der Waals surface area contributed by atoms with Crippen molar-refractivity contribution in [3.05, 3.63) is 88.7 Å². The Morgan fingerprint density at radius 2 is 1.44 bits per heavy atom. The molecule has 0 fully saturated rings. The van der Waals surface area contributed by atoms with Crippen molar-refractivity contribution < 1.29 is 17.9 Å². The molecule has 0 aliphatic heterocycles. The molecule has 27 heavy (non-hydrogen) atoms. The summed E-state index contributed by atoms with van der Waals surface area (Å²) in [5.41, 5.74) is 2.98. The molecule has 4 heteroatoms. The molecule has 3 rings (SSSR count). The maximum Gasteiger partial charge on any atom is 0.162 e. The molecule has 3 aromatic carbocycles. The summed E-state index contributed by atoms with van der Waals surface area (Å²) in [6.07, 6.45) is 1.45. The van der Waals surface area contributed by atoms with E-state index in [4.69, 9.17) is 4.74 Å². The summed E-state index contributed by atoms with van der Waals surface area (Å²) in [4.78, 5) is 0. The highest BCUT2D eigenvalue weighted by Crippen LogP contribution is 2.27. The first-order chi connectivity index (χ1) is 13.0. The lowest BCUT2D eigenvalue weighted by Crippen LogP contribution is -2.01. The molecule has 0 aliphatic carbocycles. The Morgan fingerprint density at radius 1 is 0.778 bits per heavy atom. The fourth-order valence-electron chi connectivity index (χ4n) is 3.08. The molecular weight excluding hydrogens is 349 g/mol. The Morgan fingerprint density at radius 3 is 2.07 bits per heavy atom. The van der Waals surface area contributed by atoms with Gasteiger partial charge in [0.25, 0.3) is 0 Å². The number of ether oxygens (including phenoxy) is 1. The molecule has 0 N–H and O–H groups in total. The predicted octanol–water partition coefficient (Wildman–Crippen LogP) is 6.13. The maximum atomic E-state index is 14.2. The van der Waals surface area contributed by atoms with Crippen LogP contribution in [0.15, 0.2) is 54.6 Å². The SMILES string of the molecule is CCc1ccc(CCc2ccc(-c3ccc(OC)cc3F)cc2)c(F)c1F. The van der Waals surface area contributed by atoms with Crippen LogP contribution in [0.5, 0.6) is 5.75 Å². The average Bonchev–Trinajstić information content (AvgIpc) is 2.69. The summed E-state index contributed by atoms with van der Waals surface area (Å²) in [6, 6.07) is 15.5. The van der Waals surface area contributed by atoms with Crippen molar-refractivity contribution in [2.45, 2.75) is 26.2 Å². The summed E-state index contributed by atoms with van der Waals surface area (Å²) in [6.45, 7) is 1.80. The van der Waals surface area contributed by atoms with E-state index in [1.165, 1.54) is 13.2 Å².